The standard InChI is InChI=1S/C24H24F6N6OSi/c1-38(2,3)12-11-37-14-36-10-8-16-20(33-19-13-15(7-9-31-19)23(25,26)27)34-21(35-22(16)36)17-5-4-6-18(32-17)24(28,29)30/h4-10,13H,11-12,14H2,1-3H3,(H,31,33,34,35). The summed E-state index contributed by atoms with van der Waals surface area (Å²) in [4.78, 5) is 16.3. The summed E-state index contributed by atoms with van der Waals surface area (Å²) in [5.41, 5.74) is -1.91. The van der Waals surface area contributed by atoms with Gasteiger partial charge in [0.15, 0.2) is 5.82 Å². The predicted octanol–water partition coefficient (Wildman–Crippen LogP) is 6.98. The molecule has 0 amide bonds. The monoisotopic (exact) mass is 554 g/mol. The van der Waals surface area contributed by atoms with E-state index in [-0.39, 0.29) is 29.9 Å². The van der Waals surface area contributed by atoms with Crippen LogP contribution in [0.2, 0.25) is 25.7 Å². The number of anilines is 2. The predicted molar refractivity (Wildman–Crippen MR) is 132 cm³/mol. The second kappa shape index (κ2) is 10.3. The number of nitrogens with one attached hydrogen (secondary N) is 1. The summed E-state index contributed by atoms with van der Waals surface area (Å²) in [6.07, 6.45) is -6.63. The molecule has 0 saturated carbocycles. The van der Waals surface area contributed by atoms with Crippen molar-refractivity contribution < 1.29 is 31.1 Å². The van der Waals surface area contributed by atoms with Crippen molar-refractivity contribution in [1.29, 1.82) is 0 Å². The van der Waals surface area contributed by atoms with Crippen LogP contribution in [0.15, 0.2) is 48.8 Å². The minimum Gasteiger partial charge on any atom is -0.361 e. The summed E-state index contributed by atoms with van der Waals surface area (Å²) < 4.78 is 86.9. The lowest BCUT2D eigenvalue weighted by Crippen LogP contribution is -2.22. The van der Waals surface area contributed by atoms with E-state index in [2.05, 4.69) is 44.9 Å². The van der Waals surface area contributed by atoms with E-state index >= 15 is 0 Å². The van der Waals surface area contributed by atoms with Crippen LogP contribution in [0, 0.1) is 0 Å². The fraction of sp³-hybridized carbons (Fsp3) is 0.333. The molecule has 4 rings (SSSR count). The quantitative estimate of drug-likeness (QED) is 0.144. The van der Waals surface area contributed by atoms with E-state index in [4.69, 9.17) is 4.74 Å². The summed E-state index contributed by atoms with van der Waals surface area (Å²) in [7, 11) is -1.33. The first-order valence-corrected chi connectivity index (χ1v) is 15.2. The third-order valence-electron chi connectivity index (χ3n) is 5.45. The molecule has 202 valence electrons. The van der Waals surface area contributed by atoms with Crippen molar-refractivity contribution in [1.82, 2.24) is 24.5 Å². The lowest BCUT2D eigenvalue weighted by atomic mass is 10.2. The molecule has 0 atom stereocenters. The lowest BCUT2D eigenvalue weighted by molar-refractivity contribution is -0.141. The molecule has 4 aromatic rings. The number of pyridine rings is 2. The van der Waals surface area contributed by atoms with Crippen LogP contribution in [-0.2, 0) is 23.8 Å². The molecule has 0 aliphatic carbocycles. The van der Waals surface area contributed by atoms with Crippen molar-refractivity contribution in [3.8, 4) is 11.5 Å². The van der Waals surface area contributed by atoms with Crippen molar-refractivity contribution in [2.75, 3.05) is 11.9 Å². The van der Waals surface area contributed by atoms with Gasteiger partial charge in [-0.2, -0.15) is 26.3 Å². The van der Waals surface area contributed by atoms with Crippen molar-refractivity contribution in [2.24, 2.45) is 0 Å². The SMILES string of the molecule is C[Si](C)(C)CCOCn1ccc2c(Nc3cc(C(F)(F)F)ccn3)nc(-c3cccc(C(F)(F)F)n3)nc21. The van der Waals surface area contributed by atoms with Gasteiger partial charge in [-0.1, -0.05) is 25.7 Å². The Morgan fingerprint density at radius 1 is 0.947 bits per heavy atom. The van der Waals surface area contributed by atoms with Crippen LogP contribution >= 0.6 is 0 Å². The van der Waals surface area contributed by atoms with E-state index < -0.39 is 31.7 Å². The van der Waals surface area contributed by atoms with Gasteiger partial charge in [-0.3, -0.25) is 0 Å². The molecule has 0 unspecified atom stereocenters. The highest BCUT2D eigenvalue weighted by Crippen LogP contribution is 2.33. The second-order valence-electron chi connectivity index (χ2n) is 9.72. The van der Waals surface area contributed by atoms with E-state index in [9.17, 15) is 26.3 Å². The normalized spacial score (nSPS) is 12.8. The average Bonchev–Trinajstić information content (AvgIpc) is 3.24. The lowest BCUT2D eigenvalue weighted by Gasteiger charge is -2.16. The van der Waals surface area contributed by atoms with Gasteiger partial charge < -0.3 is 14.6 Å². The smallest absolute Gasteiger partial charge is 0.361 e. The zero-order valence-corrected chi connectivity index (χ0v) is 21.7. The number of fused-ring (bicyclic) bond motifs is 1. The molecule has 0 spiro atoms. The van der Waals surface area contributed by atoms with Crippen molar-refractivity contribution in [3.05, 3.63) is 60.0 Å². The molecule has 0 radical (unpaired) electrons. The van der Waals surface area contributed by atoms with Crippen LogP contribution in [0.1, 0.15) is 11.3 Å². The minimum atomic E-state index is -4.69. The highest BCUT2D eigenvalue weighted by atomic mass is 28.3. The summed E-state index contributed by atoms with van der Waals surface area (Å²) in [6, 6.07) is 7.52. The van der Waals surface area contributed by atoms with Crippen LogP contribution in [0.3, 0.4) is 0 Å². The van der Waals surface area contributed by atoms with Gasteiger partial charge in [-0.25, -0.2) is 19.9 Å². The zero-order chi connectivity index (χ0) is 27.7. The van der Waals surface area contributed by atoms with Gasteiger partial charge in [0, 0.05) is 27.1 Å². The molecule has 0 saturated heterocycles. The van der Waals surface area contributed by atoms with Gasteiger partial charge in [-0.15, -0.1) is 0 Å². The fourth-order valence-corrected chi connectivity index (χ4v) is 4.19. The largest absolute Gasteiger partial charge is 0.433 e. The Morgan fingerprint density at radius 2 is 1.71 bits per heavy atom. The number of rotatable bonds is 8. The van der Waals surface area contributed by atoms with Crippen LogP contribution in [0.4, 0.5) is 38.0 Å². The van der Waals surface area contributed by atoms with Crippen molar-refractivity contribution in [3.63, 3.8) is 0 Å². The van der Waals surface area contributed by atoms with Gasteiger partial charge in [0.2, 0.25) is 0 Å². The van der Waals surface area contributed by atoms with E-state index in [1.165, 1.54) is 12.1 Å². The molecule has 0 aliphatic rings. The molecule has 4 aromatic heterocycles. The van der Waals surface area contributed by atoms with Crippen molar-refractivity contribution in [2.45, 2.75) is 44.8 Å². The molecule has 4 heterocycles. The Labute approximate surface area is 214 Å². The number of alkyl halides is 6. The van der Waals surface area contributed by atoms with Gasteiger partial charge in [0.1, 0.15) is 35.4 Å². The molecule has 14 heteroatoms. The molecule has 1 N–H and O–H groups in total. The van der Waals surface area contributed by atoms with E-state index in [1.807, 2.05) is 0 Å². The first kappa shape index (κ1) is 27.5. The topological polar surface area (TPSA) is 77.8 Å². The Morgan fingerprint density at radius 3 is 2.39 bits per heavy atom. The van der Waals surface area contributed by atoms with Crippen LogP contribution in [-0.4, -0.2) is 39.2 Å². The molecule has 0 aliphatic heterocycles. The highest BCUT2D eigenvalue weighted by Gasteiger charge is 2.33. The molecule has 0 bridgehead atoms. The number of hydrogen-bond donors (Lipinski definition) is 1. The van der Waals surface area contributed by atoms with Gasteiger partial charge in [0.25, 0.3) is 0 Å². The number of nitrogens with zero attached hydrogens (tertiary/aromatic N) is 5. The zero-order valence-electron chi connectivity index (χ0n) is 20.7. The number of halogens is 6. The highest BCUT2D eigenvalue weighted by molar-refractivity contribution is 6.76. The Kier molecular flexibility index (Phi) is 7.48. The first-order chi connectivity index (χ1) is 17.7. The summed E-state index contributed by atoms with van der Waals surface area (Å²) in [5.74, 6) is -0.251. The van der Waals surface area contributed by atoms with Gasteiger partial charge in [-0.05, 0) is 36.4 Å². The number of hydrogen-bond acceptors (Lipinski definition) is 6. The fourth-order valence-electron chi connectivity index (χ4n) is 3.43. The van der Waals surface area contributed by atoms with Crippen LogP contribution in [0.25, 0.3) is 22.6 Å². The van der Waals surface area contributed by atoms with E-state index in [1.54, 1.807) is 16.8 Å². The molecular weight excluding hydrogens is 530 g/mol. The maximum atomic E-state index is 13.3. The van der Waals surface area contributed by atoms with Gasteiger partial charge >= 0.3 is 12.4 Å². The maximum absolute atomic E-state index is 13.3. The first-order valence-electron chi connectivity index (χ1n) is 11.5. The molecular formula is C24H24F6N6OSi. The Hall–Kier alpha value is -3.52. The Bertz CT molecular complexity index is 1430. The number of aromatic nitrogens is 5. The third kappa shape index (κ3) is 6.67. The average molecular weight is 555 g/mol. The molecule has 38 heavy (non-hydrogen) atoms. The molecule has 0 fully saturated rings. The molecule has 7 nitrogen and oxygen atoms in total. The summed E-state index contributed by atoms with van der Waals surface area (Å²) in [5, 5.41) is 3.16. The minimum absolute atomic E-state index is 0.0527. The Balaban J connectivity index is 1.76. The van der Waals surface area contributed by atoms with Crippen molar-refractivity contribution >= 4 is 30.7 Å². The van der Waals surface area contributed by atoms with E-state index in [0.717, 1.165) is 30.4 Å². The summed E-state index contributed by atoms with van der Waals surface area (Å²) >= 11 is 0. The summed E-state index contributed by atoms with van der Waals surface area (Å²) in [6.45, 7) is 7.26. The van der Waals surface area contributed by atoms with Gasteiger partial charge in [0.05, 0.1) is 10.9 Å². The van der Waals surface area contributed by atoms with E-state index in [0.29, 0.717) is 17.6 Å². The third-order valence-corrected chi connectivity index (χ3v) is 7.15. The van der Waals surface area contributed by atoms with Crippen LogP contribution < -0.4 is 5.32 Å². The van der Waals surface area contributed by atoms with Crippen LogP contribution in [0.5, 0.6) is 0 Å². The second-order valence-corrected chi connectivity index (χ2v) is 15.3. The molecule has 0 aromatic carbocycles. The number of ether oxygens (including phenoxy) is 1. The maximum Gasteiger partial charge on any atom is 0.433 e.